The predicted octanol–water partition coefficient (Wildman–Crippen LogP) is 2.88. The summed E-state index contributed by atoms with van der Waals surface area (Å²) in [5.41, 5.74) is 2.35. The highest BCUT2D eigenvalue weighted by molar-refractivity contribution is 5.79. The standard InChI is InChI=1S/C18H31N3O2/c1-5-11-23-17-13-15(3)8-9-16(17)14-21-18(19-4)20-10-7-12-22-6-2/h8-9,13H,5-7,10-12,14H2,1-4H3,(H2,19,20,21). The van der Waals surface area contributed by atoms with Crippen LogP contribution in [0.5, 0.6) is 5.75 Å². The highest BCUT2D eigenvalue weighted by atomic mass is 16.5. The van der Waals surface area contributed by atoms with Crippen molar-refractivity contribution in [2.24, 2.45) is 4.99 Å². The van der Waals surface area contributed by atoms with Crippen LogP contribution in [0.4, 0.5) is 0 Å². The number of nitrogens with zero attached hydrogens (tertiary/aromatic N) is 1. The van der Waals surface area contributed by atoms with Gasteiger partial charge in [0.2, 0.25) is 0 Å². The van der Waals surface area contributed by atoms with Gasteiger partial charge in [0.15, 0.2) is 5.96 Å². The highest BCUT2D eigenvalue weighted by Gasteiger charge is 2.05. The van der Waals surface area contributed by atoms with Gasteiger partial charge >= 0.3 is 0 Å². The number of hydrogen-bond donors (Lipinski definition) is 2. The lowest BCUT2D eigenvalue weighted by Crippen LogP contribution is -2.37. The molecule has 2 N–H and O–H groups in total. The Bertz CT molecular complexity index is 475. The number of ether oxygens (including phenoxy) is 2. The Balaban J connectivity index is 2.48. The summed E-state index contributed by atoms with van der Waals surface area (Å²) in [5.74, 6) is 1.75. The molecule has 0 amide bonds. The molecular formula is C18H31N3O2. The van der Waals surface area contributed by atoms with Crippen LogP contribution in [0.2, 0.25) is 0 Å². The SMILES string of the molecule is CCCOc1cc(C)ccc1CNC(=NC)NCCCOCC. The average Bonchev–Trinajstić information content (AvgIpc) is 2.56. The van der Waals surface area contributed by atoms with Crippen LogP contribution in [0.25, 0.3) is 0 Å². The Kier molecular flexibility index (Phi) is 9.87. The molecular weight excluding hydrogens is 290 g/mol. The Morgan fingerprint density at radius 1 is 1.17 bits per heavy atom. The summed E-state index contributed by atoms with van der Waals surface area (Å²) in [7, 11) is 1.78. The molecule has 1 aromatic carbocycles. The first kappa shape index (κ1) is 19.3. The number of aryl methyl sites for hydroxylation is 1. The third-order valence-corrected chi connectivity index (χ3v) is 3.32. The smallest absolute Gasteiger partial charge is 0.191 e. The number of guanidine groups is 1. The summed E-state index contributed by atoms with van der Waals surface area (Å²) < 4.78 is 11.2. The Morgan fingerprint density at radius 3 is 2.70 bits per heavy atom. The lowest BCUT2D eigenvalue weighted by Gasteiger charge is -2.15. The van der Waals surface area contributed by atoms with Crippen LogP contribution in [-0.4, -0.2) is 39.4 Å². The number of nitrogens with one attached hydrogen (secondary N) is 2. The fourth-order valence-electron chi connectivity index (χ4n) is 2.08. The minimum atomic E-state index is 0.685. The van der Waals surface area contributed by atoms with Gasteiger partial charge in [-0.1, -0.05) is 19.1 Å². The van der Waals surface area contributed by atoms with Crippen molar-refractivity contribution in [2.45, 2.75) is 40.2 Å². The summed E-state index contributed by atoms with van der Waals surface area (Å²) in [6, 6.07) is 6.30. The van der Waals surface area contributed by atoms with E-state index in [1.165, 1.54) is 5.56 Å². The first-order valence-electron chi connectivity index (χ1n) is 8.45. The van der Waals surface area contributed by atoms with E-state index in [9.17, 15) is 0 Å². The molecule has 0 saturated carbocycles. The van der Waals surface area contributed by atoms with E-state index in [2.05, 4.69) is 47.7 Å². The Morgan fingerprint density at radius 2 is 2.00 bits per heavy atom. The van der Waals surface area contributed by atoms with E-state index >= 15 is 0 Å². The third-order valence-electron chi connectivity index (χ3n) is 3.32. The topological polar surface area (TPSA) is 54.9 Å². The van der Waals surface area contributed by atoms with Crippen LogP contribution >= 0.6 is 0 Å². The second-order valence-electron chi connectivity index (χ2n) is 5.36. The normalized spacial score (nSPS) is 11.4. The van der Waals surface area contributed by atoms with Crippen LogP contribution in [0.15, 0.2) is 23.2 Å². The molecule has 0 aliphatic rings. The molecule has 0 heterocycles. The molecule has 0 atom stereocenters. The van der Waals surface area contributed by atoms with Crippen LogP contribution in [-0.2, 0) is 11.3 Å². The van der Waals surface area contributed by atoms with Crippen molar-refractivity contribution in [2.75, 3.05) is 33.4 Å². The third kappa shape index (κ3) is 7.88. The molecule has 0 aliphatic carbocycles. The van der Waals surface area contributed by atoms with Gasteiger partial charge in [0.1, 0.15) is 5.75 Å². The summed E-state index contributed by atoms with van der Waals surface area (Å²) in [6.07, 6.45) is 1.97. The van der Waals surface area contributed by atoms with Crippen LogP contribution < -0.4 is 15.4 Å². The summed E-state index contributed by atoms with van der Waals surface area (Å²) in [6.45, 7) is 10.00. The van der Waals surface area contributed by atoms with Crippen LogP contribution in [0.3, 0.4) is 0 Å². The number of hydrogen-bond acceptors (Lipinski definition) is 3. The molecule has 130 valence electrons. The van der Waals surface area contributed by atoms with Gasteiger partial charge in [-0.2, -0.15) is 0 Å². The van der Waals surface area contributed by atoms with Crippen LogP contribution in [0.1, 0.15) is 37.8 Å². The van der Waals surface area contributed by atoms with E-state index in [0.717, 1.165) is 56.5 Å². The van der Waals surface area contributed by atoms with E-state index in [4.69, 9.17) is 9.47 Å². The average molecular weight is 321 g/mol. The number of rotatable bonds is 10. The fraction of sp³-hybridized carbons (Fsp3) is 0.611. The zero-order chi connectivity index (χ0) is 16.9. The van der Waals surface area contributed by atoms with Gasteiger partial charge in [0.25, 0.3) is 0 Å². The quantitative estimate of drug-likeness (QED) is 0.395. The molecule has 0 spiro atoms. The van der Waals surface area contributed by atoms with Crippen molar-refractivity contribution >= 4 is 5.96 Å². The minimum absolute atomic E-state index is 0.685. The van der Waals surface area contributed by atoms with E-state index in [1.807, 2.05) is 6.92 Å². The maximum absolute atomic E-state index is 5.84. The van der Waals surface area contributed by atoms with Crippen molar-refractivity contribution in [3.8, 4) is 5.75 Å². The molecule has 23 heavy (non-hydrogen) atoms. The van der Waals surface area contributed by atoms with Crippen molar-refractivity contribution in [3.63, 3.8) is 0 Å². The van der Waals surface area contributed by atoms with Gasteiger partial charge in [-0.15, -0.1) is 0 Å². The monoisotopic (exact) mass is 321 g/mol. The van der Waals surface area contributed by atoms with E-state index in [-0.39, 0.29) is 0 Å². The van der Waals surface area contributed by atoms with Crippen molar-refractivity contribution in [1.82, 2.24) is 10.6 Å². The van der Waals surface area contributed by atoms with Gasteiger partial charge < -0.3 is 20.1 Å². The Labute approximate surface area is 140 Å². The summed E-state index contributed by atoms with van der Waals surface area (Å²) in [5, 5.41) is 6.62. The van der Waals surface area contributed by atoms with E-state index in [1.54, 1.807) is 7.05 Å². The van der Waals surface area contributed by atoms with E-state index < -0.39 is 0 Å². The molecule has 5 heteroatoms. The lowest BCUT2D eigenvalue weighted by atomic mass is 10.1. The van der Waals surface area contributed by atoms with Gasteiger partial charge in [-0.3, -0.25) is 4.99 Å². The highest BCUT2D eigenvalue weighted by Crippen LogP contribution is 2.20. The molecule has 0 fully saturated rings. The second-order valence-corrected chi connectivity index (χ2v) is 5.36. The molecule has 0 unspecified atom stereocenters. The molecule has 1 rings (SSSR count). The summed E-state index contributed by atoms with van der Waals surface area (Å²) in [4.78, 5) is 4.24. The molecule has 0 bridgehead atoms. The van der Waals surface area contributed by atoms with Gasteiger partial charge in [0, 0.05) is 38.9 Å². The fourth-order valence-corrected chi connectivity index (χ4v) is 2.08. The molecule has 0 saturated heterocycles. The first-order valence-corrected chi connectivity index (χ1v) is 8.45. The maximum Gasteiger partial charge on any atom is 0.191 e. The summed E-state index contributed by atoms with van der Waals surface area (Å²) >= 11 is 0. The lowest BCUT2D eigenvalue weighted by molar-refractivity contribution is 0.145. The number of benzene rings is 1. The number of aliphatic imine (C=N–C) groups is 1. The molecule has 1 aromatic rings. The zero-order valence-electron chi connectivity index (χ0n) is 14.9. The molecule has 5 nitrogen and oxygen atoms in total. The molecule has 0 radical (unpaired) electrons. The van der Waals surface area contributed by atoms with Gasteiger partial charge in [0.05, 0.1) is 6.61 Å². The predicted molar refractivity (Wildman–Crippen MR) is 96.3 cm³/mol. The van der Waals surface area contributed by atoms with E-state index in [0.29, 0.717) is 6.54 Å². The van der Waals surface area contributed by atoms with Gasteiger partial charge in [-0.05, 0) is 38.3 Å². The van der Waals surface area contributed by atoms with Gasteiger partial charge in [-0.25, -0.2) is 0 Å². The van der Waals surface area contributed by atoms with Crippen molar-refractivity contribution in [1.29, 1.82) is 0 Å². The van der Waals surface area contributed by atoms with Crippen LogP contribution in [0, 0.1) is 6.92 Å². The van der Waals surface area contributed by atoms with Crippen molar-refractivity contribution in [3.05, 3.63) is 29.3 Å². The largest absolute Gasteiger partial charge is 0.493 e. The molecule has 0 aromatic heterocycles. The zero-order valence-corrected chi connectivity index (χ0v) is 14.9. The molecule has 0 aliphatic heterocycles. The maximum atomic E-state index is 5.84. The second kappa shape index (κ2) is 11.8. The van der Waals surface area contributed by atoms with Crippen molar-refractivity contribution < 1.29 is 9.47 Å². The minimum Gasteiger partial charge on any atom is -0.493 e. The first-order chi connectivity index (χ1) is 11.2. The Hall–Kier alpha value is -1.75.